The van der Waals surface area contributed by atoms with Crippen molar-refractivity contribution in [3.8, 4) is 0 Å². The van der Waals surface area contributed by atoms with Crippen molar-refractivity contribution in [2.24, 2.45) is 5.41 Å². The van der Waals surface area contributed by atoms with Crippen LogP contribution in [0.5, 0.6) is 0 Å². The van der Waals surface area contributed by atoms with E-state index in [2.05, 4.69) is 13.8 Å². The molecule has 1 saturated carbocycles. The predicted molar refractivity (Wildman–Crippen MR) is 123 cm³/mol. The number of unbranched alkanes of at least 4 members (excludes halogenated alkanes) is 8. The van der Waals surface area contributed by atoms with Crippen molar-refractivity contribution >= 4 is 11.9 Å². The molecular formula is C26H48O4. The van der Waals surface area contributed by atoms with Crippen LogP contribution in [0.4, 0.5) is 0 Å². The van der Waals surface area contributed by atoms with Gasteiger partial charge < -0.3 is 9.47 Å². The van der Waals surface area contributed by atoms with Gasteiger partial charge in [0.15, 0.2) is 5.41 Å². The molecule has 1 rings (SSSR count). The van der Waals surface area contributed by atoms with Crippen molar-refractivity contribution in [2.75, 3.05) is 0 Å². The third kappa shape index (κ3) is 9.83. The summed E-state index contributed by atoms with van der Waals surface area (Å²) in [5.41, 5.74) is -1.08. The van der Waals surface area contributed by atoms with Crippen molar-refractivity contribution < 1.29 is 19.1 Å². The highest BCUT2D eigenvalue weighted by molar-refractivity contribution is 6.00. The van der Waals surface area contributed by atoms with Crippen molar-refractivity contribution in [2.45, 2.75) is 149 Å². The molecule has 0 aromatic heterocycles. The Morgan fingerprint density at radius 3 is 1.47 bits per heavy atom. The first kappa shape index (κ1) is 27.0. The van der Waals surface area contributed by atoms with Gasteiger partial charge in [-0.3, -0.25) is 9.59 Å². The number of carbonyl (C=O) groups excluding carboxylic acids is 2. The van der Waals surface area contributed by atoms with Gasteiger partial charge in [-0.15, -0.1) is 0 Å². The lowest BCUT2D eigenvalue weighted by molar-refractivity contribution is -0.181. The van der Waals surface area contributed by atoms with Crippen LogP contribution in [0.15, 0.2) is 0 Å². The van der Waals surface area contributed by atoms with Crippen LogP contribution in [-0.2, 0) is 19.1 Å². The van der Waals surface area contributed by atoms with Gasteiger partial charge in [0, 0.05) is 0 Å². The lowest BCUT2D eigenvalue weighted by Gasteiger charge is -2.34. The minimum absolute atomic E-state index is 0.137. The van der Waals surface area contributed by atoms with E-state index in [9.17, 15) is 9.59 Å². The smallest absolute Gasteiger partial charge is 0.323 e. The van der Waals surface area contributed by atoms with E-state index in [-0.39, 0.29) is 24.1 Å². The van der Waals surface area contributed by atoms with Crippen LogP contribution in [0.1, 0.15) is 137 Å². The Bertz CT molecular complexity index is 432. The Morgan fingerprint density at radius 2 is 1.07 bits per heavy atom. The van der Waals surface area contributed by atoms with E-state index in [4.69, 9.17) is 9.47 Å². The first-order valence-electron chi connectivity index (χ1n) is 12.9. The van der Waals surface area contributed by atoms with Crippen molar-refractivity contribution in [1.82, 2.24) is 0 Å². The summed E-state index contributed by atoms with van der Waals surface area (Å²) in [7, 11) is 0. The Morgan fingerprint density at radius 1 is 0.667 bits per heavy atom. The molecule has 0 heterocycles. The van der Waals surface area contributed by atoms with Gasteiger partial charge in [-0.25, -0.2) is 0 Å². The number of ether oxygens (including phenoxy) is 2. The lowest BCUT2D eigenvalue weighted by Crippen LogP contribution is -2.45. The topological polar surface area (TPSA) is 52.6 Å². The van der Waals surface area contributed by atoms with Gasteiger partial charge in [-0.1, -0.05) is 84.5 Å². The van der Waals surface area contributed by atoms with Crippen LogP contribution >= 0.6 is 0 Å². The zero-order valence-corrected chi connectivity index (χ0v) is 20.3. The fourth-order valence-electron chi connectivity index (χ4n) is 4.43. The van der Waals surface area contributed by atoms with Crippen LogP contribution in [0.2, 0.25) is 0 Å². The third-order valence-corrected chi connectivity index (χ3v) is 6.53. The second-order valence-corrected chi connectivity index (χ2v) is 9.48. The van der Waals surface area contributed by atoms with Gasteiger partial charge in [0.25, 0.3) is 0 Å². The average molecular weight is 425 g/mol. The minimum Gasteiger partial charge on any atom is -0.462 e. The molecule has 30 heavy (non-hydrogen) atoms. The highest BCUT2D eigenvalue weighted by Crippen LogP contribution is 2.39. The number of rotatable bonds is 16. The van der Waals surface area contributed by atoms with E-state index in [1.165, 1.54) is 51.4 Å². The molecule has 4 heteroatoms. The highest BCUT2D eigenvalue weighted by atomic mass is 16.6. The van der Waals surface area contributed by atoms with E-state index in [0.717, 1.165) is 44.9 Å². The molecule has 0 radical (unpaired) electrons. The largest absolute Gasteiger partial charge is 0.462 e. The standard InChI is InChI=1S/C26H48O4/c1-5-7-9-11-14-18-22(3)29-24(27)26(20-16-13-17-21-26)25(28)30-23(4)19-15-12-10-8-6-2/h22-23H,5-21H2,1-4H3. The zero-order valence-electron chi connectivity index (χ0n) is 20.3. The summed E-state index contributed by atoms with van der Waals surface area (Å²) in [6, 6.07) is 0. The van der Waals surface area contributed by atoms with Crippen LogP contribution in [0, 0.1) is 5.41 Å². The summed E-state index contributed by atoms with van der Waals surface area (Å²) in [6.45, 7) is 8.33. The molecule has 0 aromatic carbocycles. The Kier molecular flexibility index (Phi) is 14.1. The second-order valence-electron chi connectivity index (χ2n) is 9.48. The number of hydrogen-bond acceptors (Lipinski definition) is 4. The minimum atomic E-state index is -1.08. The highest BCUT2D eigenvalue weighted by Gasteiger charge is 2.50. The summed E-state index contributed by atoms with van der Waals surface area (Å²) in [5, 5.41) is 0. The first-order chi connectivity index (χ1) is 14.5. The maximum absolute atomic E-state index is 13.1. The summed E-state index contributed by atoms with van der Waals surface area (Å²) < 4.78 is 11.6. The van der Waals surface area contributed by atoms with E-state index >= 15 is 0 Å². The molecule has 0 saturated heterocycles. The number of hydrogen-bond donors (Lipinski definition) is 0. The Hall–Kier alpha value is -1.06. The molecule has 2 atom stereocenters. The van der Waals surface area contributed by atoms with E-state index in [0.29, 0.717) is 12.8 Å². The maximum Gasteiger partial charge on any atom is 0.323 e. The van der Waals surface area contributed by atoms with Crippen molar-refractivity contribution in [1.29, 1.82) is 0 Å². The first-order valence-corrected chi connectivity index (χ1v) is 12.9. The molecule has 0 N–H and O–H groups in total. The molecule has 2 unspecified atom stereocenters. The number of carbonyl (C=O) groups is 2. The Balaban J connectivity index is 2.53. The molecule has 0 amide bonds. The summed E-state index contributed by atoms with van der Waals surface area (Å²) >= 11 is 0. The second kappa shape index (κ2) is 15.7. The molecular weight excluding hydrogens is 376 g/mol. The molecule has 0 bridgehead atoms. The average Bonchev–Trinajstić information content (AvgIpc) is 2.73. The fourth-order valence-corrected chi connectivity index (χ4v) is 4.43. The van der Waals surface area contributed by atoms with Gasteiger partial charge in [0.05, 0.1) is 12.2 Å². The predicted octanol–water partition coefficient (Wildman–Crippen LogP) is 7.52. The summed E-state index contributed by atoms with van der Waals surface area (Å²) in [6.07, 6.45) is 17.4. The van der Waals surface area contributed by atoms with Gasteiger partial charge in [0.2, 0.25) is 0 Å². The SMILES string of the molecule is CCCCCCCC(C)OC(=O)C1(C(=O)OC(C)CCCCCCC)CCCCC1. The van der Waals surface area contributed by atoms with Crippen LogP contribution < -0.4 is 0 Å². The van der Waals surface area contributed by atoms with Gasteiger partial charge >= 0.3 is 11.9 Å². The summed E-state index contributed by atoms with van der Waals surface area (Å²) in [4.78, 5) is 26.2. The molecule has 1 fully saturated rings. The van der Waals surface area contributed by atoms with E-state index in [1.54, 1.807) is 0 Å². The van der Waals surface area contributed by atoms with Crippen LogP contribution in [0.3, 0.4) is 0 Å². The van der Waals surface area contributed by atoms with Crippen LogP contribution in [0.25, 0.3) is 0 Å². The molecule has 0 aromatic rings. The van der Waals surface area contributed by atoms with Gasteiger partial charge in [-0.05, 0) is 52.4 Å². The van der Waals surface area contributed by atoms with Gasteiger partial charge in [0.1, 0.15) is 0 Å². The molecule has 0 spiro atoms. The van der Waals surface area contributed by atoms with E-state index in [1.807, 2.05) is 13.8 Å². The van der Waals surface area contributed by atoms with Crippen molar-refractivity contribution in [3.63, 3.8) is 0 Å². The fraction of sp³-hybridized carbons (Fsp3) is 0.923. The lowest BCUT2D eigenvalue weighted by atomic mass is 9.74. The molecule has 1 aliphatic carbocycles. The van der Waals surface area contributed by atoms with Crippen molar-refractivity contribution in [3.05, 3.63) is 0 Å². The monoisotopic (exact) mass is 424 g/mol. The van der Waals surface area contributed by atoms with E-state index < -0.39 is 5.41 Å². The number of esters is 2. The maximum atomic E-state index is 13.1. The summed E-state index contributed by atoms with van der Waals surface area (Å²) in [5.74, 6) is -0.688. The molecule has 4 nitrogen and oxygen atoms in total. The zero-order chi connectivity index (χ0) is 22.2. The third-order valence-electron chi connectivity index (χ3n) is 6.53. The molecule has 0 aliphatic heterocycles. The quantitative estimate of drug-likeness (QED) is 0.146. The normalized spacial score (nSPS) is 17.9. The molecule has 176 valence electrons. The van der Waals surface area contributed by atoms with Gasteiger partial charge in [-0.2, -0.15) is 0 Å². The Labute approximate surface area is 185 Å². The molecule has 1 aliphatic rings. The van der Waals surface area contributed by atoms with Crippen LogP contribution in [-0.4, -0.2) is 24.1 Å².